The van der Waals surface area contributed by atoms with Gasteiger partial charge in [0.2, 0.25) is 0 Å². The number of unbranched alkanes of at least 4 members (excludes halogenated alkanes) is 9. The number of ether oxygens (including phenoxy) is 2. The Kier molecular flexibility index (Phi) is 23.4. The first-order valence-corrected chi connectivity index (χ1v) is 7.98. The van der Waals surface area contributed by atoms with Crippen LogP contribution in [0.3, 0.4) is 0 Å². The molecule has 0 aromatic carbocycles. The van der Waals surface area contributed by atoms with Gasteiger partial charge in [0.1, 0.15) is 6.61 Å². The van der Waals surface area contributed by atoms with Gasteiger partial charge in [-0.15, -0.1) is 0 Å². The second-order valence-electron chi connectivity index (χ2n) is 5.13. The third-order valence-corrected chi connectivity index (χ3v) is 3.18. The molecule has 116 valence electrons. The Morgan fingerprint density at radius 2 is 1.25 bits per heavy atom. The average Bonchev–Trinajstić information content (AvgIpc) is 2.39. The van der Waals surface area contributed by atoms with Gasteiger partial charge < -0.3 is 9.47 Å². The van der Waals surface area contributed by atoms with Gasteiger partial charge in [0.25, 0.3) is 0 Å². The molecule has 0 aliphatic rings. The van der Waals surface area contributed by atoms with Gasteiger partial charge in [0.15, 0.2) is 0 Å². The number of esters is 1. The predicted octanol–water partition coefficient (Wildman–Crippen LogP) is 3.84. The van der Waals surface area contributed by atoms with Gasteiger partial charge in [-0.1, -0.05) is 64.7 Å². The van der Waals surface area contributed by atoms with Crippen molar-refractivity contribution in [2.24, 2.45) is 0 Å². The Morgan fingerprint density at radius 3 is 1.75 bits per heavy atom. The van der Waals surface area contributed by atoms with E-state index in [4.69, 9.17) is 9.47 Å². The first-order valence-electron chi connectivity index (χ1n) is 7.98. The first-order chi connectivity index (χ1) is 9.27. The third kappa shape index (κ3) is 21.4. The van der Waals surface area contributed by atoms with Crippen molar-refractivity contribution in [2.75, 3.05) is 19.8 Å². The van der Waals surface area contributed by atoms with Crippen molar-refractivity contribution < 1.29 is 14.3 Å². The monoisotopic (exact) mass is 312 g/mol. The van der Waals surface area contributed by atoms with Gasteiger partial charge in [-0.2, -0.15) is 0 Å². The van der Waals surface area contributed by atoms with E-state index in [1.54, 1.807) is 0 Å². The summed E-state index contributed by atoms with van der Waals surface area (Å²) in [4.78, 5) is 10.5. The van der Waals surface area contributed by atoms with Crippen molar-refractivity contribution >= 4 is 57.4 Å². The summed E-state index contributed by atoms with van der Waals surface area (Å²) in [5.74, 6) is -0.234. The van der Waals surface area contributed by atoms with Crippen molar-refractivity contribution in [2.45, 2.75) is 78.1 Å². The molecule has 0 radical (unpaired) electrons. The van der Waals surface area contributed by atoms with Crippen molar-refractivity contribution in [3.8, 4) is 0 Å². The van der Waals surface area contributed by atoms with Crippen molar-refractivity contribution in [1.82, 2.24) is 0 Å². The molecule has 0 saturated heterocycles. The fourth-order valence-electron chi connectivity index (χ4n) is 2.04. The molecule has 0 amide bonds. The fourth-order valence-corrected chi connectivity index (χ4v) is 2.04. The minimum absolute atomic E-state index is 0. The molecule has 0 heterocycles. The zero-order valence-corrected chi connectivity index (χ0v) is 12.9. The third-order valence-electron chi connectivity index (χ3n) is 3.18. The Hall–Kier alpha value is 1.07. The molecule has 0 spiro atoms. The molecule has 4 heteroatoms. The average molecular weight is 313 g/mol. The molecule has 0 fully saturated rings. The number of rotatable bonds is 14. The molecule has 0 bridgehead atoms. The van der Waals surface area contributed by atoms with Gasteiger partial charge in [-0.25, -0.2) is 0 Å². The van der Waals surface area contributed by atoms with Crippen molar-refractivity contribution in [3.05, 3.63) is 0 Å². The van der Waals surface area contributed by atoms with Crippen molar-refractivity contribution in [3.63, 3.8) is 0 Å². The Balaban J connectivity index is 0. The van der Waals surface area contributed by atoms with Crippen LogP contribution in [0.4, 0.5) is 0 Å². The summed E-state index contributed by atoms with van der Waals surface area (Å²) in [5, 5.41) is 0. The SMILES string of the molecule is CCCCCCCCCCCCOCCOC(C)=O.[KH]. The maximum absolute atomic E-state index is 10.5. The molecule has 0 aromatic heterocycles. The van der Waals surface area contributed by atoms with E-state index in [2.05, 4.69) is 6.92 Å². The molecule has 0 unspecified atom stereocenters. The van der Waals surface area contributed by atoms with E-state index in [9.17, 15) is 4.79 Å². The molecule has 0 atom stereocenters. The topological polar surface area (TPSA) is 35.5 Å². The van der Waals surface area contributed by atoms with E-state index in [-0.39, 0.29) is 57.4 Å². The van der Waals surface area contributed by atoms with Crippen LogP contribution in [0.25, 0.3) is 0 Å². The first kappa shape index (κ1) is 23.3. The Morgan fingerprint density at radius 1 is 0.750 bits per heavy atom. The summed E-state index contributed by atoms with van der Waals surface area (Å²) in [6.07, 6.45) is 13.4. The summed E-state index contributed by atoms with van der Waals surface area (Å²) < 4.78 is 10.2. The molecule has 0 N–H and O–H groups in total. The number of carbonyl (C=O) groups excluding carboxylic acids is 1. The fraction of sp³-hybridized carbons (Fsp3) is 0.938. The summed E-state index contributed by atoms with van der Waals surface area (Å²) in [7, 11) is 0. The normalized spacial score (nSPS) is 10.1. The molecular weight excluding hydrogens is 279 g/mol. The molecule has 0 saturated carbocycles. The molecular formula is C16H33KO3. The van der Waals surface area contributed by atoms with Gasteiger partial charge in [-0.05, 0) is 6.42 Å². The van der Waals surface area contributed by atoms with Crippen LogP contribution < -0.4 is 0 Å². The van der Waals surface area contributed by atoms with Crippen LogP contribution >= 0.6 is 0 Å². The van der Waals surface area contributed by atoms with Crippen molar-refractivity contribution in [1.29, 1.82) is 0 Å². The van der Waals surface area contributed by atoms with Crippen LogP contribution in [-0.4, -0.2) is 77.2 Å². The Labute approximate surface area is 168 Å². The van der Waals surface area contributed by atoms with Gasteiger partial charge >= 0.3 is 57.4 Å². The molecule has 3 nitrogen and oxygen atoms in total. The maximum atomic E-state index is 10.5. The van der Waals surface area contributed by atoms with Crippen LogP contribution in [0.5, 0.6) is 0 Å². The molecule has 0 aliphatic heterocycles. The predicted molar refractivity (Wildman–Crippen MR) is 86.4 cm³/mol. The van der Waals surface area contributed by atoms with Gasteiger partial charge in [0.05, 0.1) is 6.61 Å². The zero-order valence-electron chi connectivity index (χ0n) is 12.9. The van der Waals surface area contributed by atoms with E-state index in [0.717, 1.165) is 13.0 Å². The number of carbonyl (C=O) groups is 1. The van der Waals surface area contributed by atoms with E-state index >= 15 is 0 Å². The van der Waals surface area contributed by atoms with Crippen LogP contribution in [-0.2, 0) is 14.3 Å². The standard InChI is InChI=1S/C16H32O3.K.H/c1-3-4-5-6-7-8-9-10-11-12-13-18-14-15-19-16(2)17;;/h3-15H2,1-2H3;;. The summed E-state index contributed by atoms with van der Waals surface area (Å²) in [6.45, 7) is 5.37. The Bertz CT molecular complexity index is 198. The van der Waals surface area contributed by atoms with Gasteiger partial charge in [0, 0.05) is 13.5 Å². The summed E-state index contributed by atoms with van der Waals surface area (Å²) in [6, 6.07) is 0. The van der Waals surface area contributed by atoms with Crippen LogP contribution in [0.15, 0.2) is 0 Å². The quantitative estimate of drug-likeness (QED) is 0.278. The molecule has 0 aromatic rings. The summed E-state index contributed by atoms with van der Waals surface area (Å²) in [5.41, 5.74) is 0. The van der Waals surface area contributed by atoms with E-state index in [1.807, 2.05) is 0 Å². The molecule has 0 aliphatic carbocycles. The second kappa shape index (κ2) is 20.1. The number of hydrogen-bond acceptors (Lipinski definition) is 3. The van der Waals surface area contributed by atoms with E-state index in [0.29, 0.717) is 13.2 Å². The van der Waals surface area contributed by atoms with E-state index < -0.39 is 0 Å². The minimum atomic E-state index is -0.234. The van der Waals surface area contributed by atoms with Crippen LogP contribution in [0, 0.1) is 0 Å². The van der Waals surface area contributed by atoms with Crippen LogP contribution in [0.2, 0.25) is 0 Å². The second-order valence-corrected chi connectivity index (χ2v) is 5.13. The summed E-state index contributed by atoms with van der Waals surface area (Å²) >= 11 is 0. The molecule has 0 rings (SSSR count). The number of hydrogen-bond donors (Lipinski definition) is 0. The van der Waals surface area contributed by atoms with E-state index in [1.165, 1.54) is 64.7 Å². The van der Waals surface area contributed by atoms with Crippen LogP contribution in [0.1, 0.15) is 78.1 Å². The molecule has 20 heavy (non-hydrogen) atoms. The van der Waals surface area contributed by atoms with Gasteiger partial charge in [-0.3, -0.25) is 4.79 Å². The zero-order chi connectivity index (χ0) is 14.2.